The molecule has 0 radical (unpaired) electrons. The first-order valence-corrected chi connectivity index (χ1v) is 10.7. The van der Waals surface area contributed by atoms with Crippen LogP contribution in [0.15, 0.2) is 47.7 Å². The number of aromatic nitrogens is 2. The highest BCUT2D eigenvalue weighted by Gasteiger charge is 2.24. The average molecular weight is 419 g/mol. The van der Waals surface area contributed by atoms with E-state index in [2.05, 4.69) is 33.6 Å². The van der Waals surface area contributed by atoms with Crippen molar-refractivity contribution in [3.63, 3.8) is 0 Å². The highest BCUT2D eigenvalue weighted by molar-refractivity contribution is 6.31. The Morgan fingerprint density at radius 2 is 2.07 bits per heavy atom. The third-order valence-corrected chi connectivity index (χ3v) is 5.28. The average Bonchev–Trinajstić information content (AvgIpc) is 3.27. The molecule has 1 aromatic heterocycles. The normalized spacial score (nSPS) is 16.6. The lowest BCUT2D eigenvalue weighted by Crippen LogP contribution is -2.42. The molecule has 29 heavy (non-hydrogen) atoms. The lowest BCUT2D eigenvalue weighted by Gasteiger charge is -2.34. The number of halogens is 1. The van der Waals surface area contributed by atoms with Gasteiger partial charge in [0.2, 0.25) is 0 Å². The van der Waals surface area contributed by atoms with Gasteiger partial charge in [-0.2, -0.15) is 5.10 Å². The van der Waals surface area contributed by atoms with Gasteiger partial charge in [-0.15, -0.1) is 0 Å². The van der Waals surface area contributed by atoms with Crippen molar-refractivity contribution in [1.29, 1.82) is 0 Å². The number of morpholine rings is 1. The molecule has 2 aromatic rings. The lowest BCUT2D eigenvalue weighted by molar-refractivity contribution is 0.0180. The zero-order chi connectivity index (χ0) is 20.3. The Labute approximate surface area is 178 Å². The maximum atomic E-state index is 6.52. The fraction of sp³-hybridized carbons (Fsp3) is 0.524. The van der Waals surface area contributed by atoms with Crippen LogP contribution >= 0.6 is 11.6 Å². The van der Waals surface area contributed by atoms with E-state index in [9.17, 15) is 0 Å². The van der Waals surface area contributed by atoms with Crippen LogP contribution in [-0.2, 0) is 11.3 Å². The van der Waals surface area contributed by atoms with Crippen molar-refractivity contribution in [3.05, 3.63) is 53.3 Å². The van der Waals surface area contributed by atoms with E-state index in [0.29, 0.717) is 6.54 Å². The summed E-state index contributed by atoms with van der Waals surface area (Å²) in [5, 5.41) is 11.8. The minimum atomic E-state index is 0.132. The second-order valence-electron chi connectivity index (χ2n) is 6.95. The van der Waals surface area contributed by atoms with Gasteiger partial charge in [-0.25, -0.2) is 0 Å². The molecule has 0 amide bonds. The second-order valence-corrected chi connectivity index (χ2v) is 7.36. The molecule has 1 atom stereocenters. The zero-order valence-electron chi connectivity index (χ0n) is 17.1. The minimum absolute atomic E-state index is 0.132. The molecule has 8 heteroatoms. The molecule has 0 saturated carbocycles. The van der Waals surface area contributed by atoms with Gasteiger partial charge in [-0.1, -0.05) is 29.8 Å². The number of ether oxygens (including phenoxy) is 1. The van der Waals surface area contributed by atoms with Crippen molar-refractivity contribution < 1.29 is 4.74 Å². The summed E-state index contributed by atoms with van der Waals surface area (Å²) in [6.45, 7) is 8.52. The zero-order valence-corrected chi connectivity index (χ0v) is 17.8. The van der Waals surface area contributed by atoms with E-state index in [4.69, 9.17) is 21.3 Å². The molecule has 1 aliphatic heterocycles. The van der Waals surface area contributed by atoms with Gasteiger partial charge in [0, 0.05) is 50.1 Å². The summed E-state index contributed by atoms with van der Waals surface area (Å²) >= 11 is 6.52. The van der Waals surface area contributed by atoms with Crippen molar-refractivity contribution in [2.75, 3.05) is 45.9 Å². The van der Waals surface area contributed by atoms with E-state index in [0.717, 1.165) is 68.9 Å². The number of hydrogen-bond acceptors (Lipinski definition) is 4. The number of hydrogen-bond donors (Lipinski definition) is 2. The molecule has 2 N–H and O–H groups in total. The Bertz CT molecular complexity index is 745. The molecule has 158 valence electrons. The molecule has 1 aliphatic rings. The number of aliphatic imine (C=N–C) groups is 1. The first-order chi connectivity index (χ1) is 14.3. The van der Waals surface area contributed by atoms with Gasteiger partial charge in [-0.05, 0) is 31.0 Å². The Kier molecular flexibility index (Phi) is 8.80. The quantitative estimate of drug-likeness (QED) is 0.372. The summed E-state index contributed by atoms with van der Waals surface area (Å²) in [5.74, 6) is 0.832. The lowest BCUT2D eigenvalue weighted by atomic mass is 10.0. The van der Waals surface area contributed by atoms with Gasteiger partial charge >= 0.3 is 0 Å². The number of nitrogens with one attached hydrogen (secondary N) is 2. The Hall–Kier alpha value is -2.09. The standard InChI is InChI=1S/C21H31ClN6O/c1-2-23-21(24-9-5-11-28-12-6-10-26-28)25-17-20(27-13-15-29-16-14-27)18-7-3-4-8-19(18)22/h3-4,6-8,10,12,20H,2,5,9,11,13-17H2,1H3,(H2,23,24,25). The molecule has 1 aromatic carbocycles. The third kappa shape index (κ3) is 6.73. The summed E-state index contributed by atoms with van der Waals surface area (Å²) in [4.78, 5) is 7.28. The molecular formula is C21H31ClN6O. The van der Waals surface area contributed by atoms with Crippen molar-refractivity contribution in [2.45, 2.75) is 25.9 Å². The van der Waals surface area contributed by atoms with Crippen molar-refractivity contribution in [3.8, 4) is 0 Å². The van der Waals surface area contributed by atoms with Crippen LogP contribution in [0, 0.1) is 0 Å². The topological polar surface area (TPSA) is 66.7 Å². The summed E-state index contributed by atoms with van der Waals surface area (Å²) in [7, 11) is 0. The van der Waals surface area contributed by atoms with Crippen LogP contribution in [0.5, 0.6) is 0 Å². The molecule has 0 bridgehead atoms. The number of guanidine groups is 1. The summed E-state index contributed by atoms with van der Waals surface area (Å²) in [6, 6.07) is 10.1. The monoisotopic (exact) mass is 418 g/mol. The van der Waals surface area contributed by atoms with Crippen molar-refractivity contribution >= 4 is 17.6 Å². The minimum Gasteiger partial charge on any atom is -0.379 e. The van der Waals surface area contributed by atoms with E-state index >= 15 is 0 Å². The molecule has 1 unspecified atom stereocenters. The Morgan fingerprint density at radius 3 is 2.79 bits per heavy atom. The number of aryl methyl sites for hydroxylation is 1. The van der Waals surface area contributed by atoms with E-state index < -0.39 is 0 Å². The number of rotatable bonds is 9. The van der Waals surface area contributed by atoms with Gasteiger partial charge in [0.15, 0.2) is 5.96 Å². The third-order valence-electron chi connectivity index (χ3n) is 4.93. The van der Waals surface area contributed by atoms with Gasteiger partial charge in [-0.3, -0.25) is 14.6 Å². The fourth-order valence-corrected chi connectivity index (χ4v) is 3.71. The van der Waals surface area contributed by atoms with Crippen LogP contribution in [0.4, 0.5) is 0 Å². The molecule has 1 fully saturated rings. The molecule has 1 saturated heterocycles. The summed E-state index contributed by atoms with van der Waals surface area (Å²) in [5.41, 5.74) is 1.12. The fourth-order valence-electron chi connectivity index (χ4n) is 3.45. The largest absolute Gasteiger partial charge is 0.379 e. The Balaban J connectivity index is 1.63. The van der Waals surface area contributed by atoms with Crippen molar-refractivity contribution in [1.82, 2.24) is 25.3 Å². The van der Waals surface area contributed by atoms with Gasteiger partial charge < -0.3 is 15.4 Å². The van der Waals surface area contributed by atoms with Gasteiger partial charge in [0.25, 0.3) is 0 Å². The molecule has 3 rings (SSSR count). The molecule has 0 aliphatic carbocycles. The van der Waals surface area contributed by atoms with Crippen LogP contribution in [0.3, 0.4) is 0 Å². The smallest absolute Gasteiger partial charge is 0.191 e. The summed E-state index contributed by atoms with van der Waals surface area (Å²) in [6.07, 6.45) is 4.76. The number of benzene rings is 1. The molecular weight excluding hydrogens is 388 g/mol. The first kappa shape index (κ1) is 21.6. The highest BCUT2D eigenvalue weighted by atomic mass is 35.5. The van der Waals surface area contributed by atoms with Crippen LogP contribution in [0.2, 0.25) is 5.02 Å². The first-order valence-electron chi connectivity index (χ1n) is 10.3. The van der Waals surface area contributed by atoms with E-state index in [1.54, 1.807) is 6.20 Å². The maximum absolute atomic E-state index is 6.52. The van der Waals surface area contributed by atoms with E-state index in [1.807, 2.05) is 35.1 Å². The SMILES string of the molecule is CCNC(=NCC(c1ccccc1Cl)N1CCOCC1)NCCCn1cccn1. The number of nitrogens with zero attached hydrogens (tertiary/aromatic N) is 4. The van der Waals surface area contributed by atoms with Crippen molar-refractivity contribution in [2.24, 2.45) is 4.99 Å². The molecule has 7 nitrogen and oxygen atoms in total. The van der Waals surface area contributed by atoms with E-state index in [-0.39, 0.29) is 6.04 Å². The molecule has 0 spiro atoms. The van der Waals surface area contributed by atoms with Crippen LogP contribution in [0.25, 0.3) is 0 Å². The van der Waals surface area contributed by atoms with E-state index in [1.165, 1.54) is 0 Å². The highest BCUT2D eigenvalue weighted by Crippen LogP contribution is 2.28. The van der Waals surface area contributed by atoms with Gasteiger partial charge in [0.05, 0.1) is 25.8 Å². The predicted octanol–water partition coefficient (Wildman–Crippen LogP) is 2.56. The van der Waals surface area contributed by atoms with Gasteiger partial charge in [0.1, 0.15) is 0 Å². The van der Waals surface area contributed by atoms with Crippen LogP contribution in [0.1, 0.15) is 24.9 Å². The molecule has 2 heterocycles. The van der Waals surface area contributed by atoms with Crippen LogP contribution in [-0.4, -0.2) is 66.6 Å². The predicted molar refractivity (Wildman–Crippen MR) is 117 cm³/mol. The summed E-state index contributed by atoms with van der Waals surface area (Å²) < 4.78 is 7.48. The Morgan fingerprint density at radius 1 is 1.24 bits per heavy atom. The second kappa shape index (κ2) is 11.8. The van der Waals surface area contributed by atoms with Crippen LogP contribution < -0.4 is 10.6 Å². The maximum Gasteiger partial charge on any atom is 0.191 e.